The van der Waals surface area contributed by atoms with E-state index in [9.17, 15) is 14.3 Å². The lowest BCUT2D eigenvalue weighted by Gasteiger charge is -2.23. The first-order chi connectivity index (χ1) is 15.3. The van der Waals surface area contributed by atoms with Gasteiger partial charge < -0.3 is 14.4 Å². The summed E-state index contributed by atoms with van der Waals surface area (Å²) < 4.78 is 21.3. The quantitative estimate of drug-likeness (QED) is 0.464. The van der Waals surface area contributed by atoms with Crippen LogP contribution in [0.5, 0.6) is 0 Å². The lowest BCUT2D eigenvalue weighted by atomic mass is 9.90. The molecular formula is C24H25FN4O3. The number of carbonyl (C=O) groups is 1. The summed E-state index contributed by atoms with van der Waals surface area (Å²) in [7, 11) is 1.47. The Hall–Kier alpha value is -3.26. The van der Waals surface area contributed by atoms with Gasteiger partial charge in [0, 0.05) is 29.4 Å². The number of aromatic nitrogens is 4. The molecule has 0 saturated heterocycles. The Labute approximate surface area is 184 Å². The van der Waals surface area contributed by atoms with Crippen LogP contribution in [0.15, 0.2) is 36.5 Å². The number of rotatable bonds is 5. The maximum absolute atomic E-state index is 13.7. The SMILES string of the molecule is CO[C@@]1(C(=O)O)CCC(c2c(C(C)C)n(-c3ccc(F)cc3)c3cc4cn[nH]c4nc23)C1. The monoisotopic (exact) mass is 436 g/mol. The fourth-order valence-electron chi connectivity index (χ4n) is 5.17. The maximum atomic E-state index is 13.7. The van der Waals surface area contributed by atoms with Gasteiger partial charge in [0.2, 0.25) is 0 Å². The number of carboxylic acids is 1. The predicted octanol–water partition coefficient (Wildman–Crippen LogP) is 4.90. The molecule has 5 rings (SSSR count). The summed E-state index contributed by atoms with van der Waals surface area (Å²) in [6.07, 6.45) is 3.24. The van der Waals surface area contributed by atoms with Crippen molar-refractivity contribution in [1.82, 2.24) is 19.7 Å². The van der Waals surface area contributed by atoms with Gasteiger partial charge in [0.05, 0.1) is 17.2 Å². The van der Waals surface area contributed by atoms with Gasteiger partial charge in [0.25, 0.3) is 0 Å². The Bertz CT molecular complexity index is 1320. The normalized spacial score (nSPS) is 21.2. The fourth-order valence-corrected chi connectivity index (χ4v) is 5.17. The summed E-state index contributed by atoms with van der Waals surface area (Å²) in [5.74, 6) is -1.13. The second-order valence-electron chi connectivity index (χ2n) is 8.87. The summed E-state index contributed by atoms with van der Waals surface area (Å²) in [6.45, 7) is 4.22. The first kappa shape index (κ1) is 20.6. The van der Waals surface area contributed by atoms with Gasteiger partial charge >= 0.3 is 5.97 Å². The highest BCUT2D eigenvalue weighted by atomic mass is 19.1. The van der Waals surface area contributed by atoms with Crippen molar-refractivity contribution in [2.24, 2.45) is 0 Å². The van der Waals surface area contributed by atoms with Crippen LogP contribution in [0.2, 0.25) is 0 Å². The second-order valence-corrected chi connectivity index (χ2v) is 8.87. The number of methoxy groups -OCH3 is 1. The number of H-pyrrole nitrogens is 1. The molecule has 0 bridgehead atoms. The van der Waals surface area contributed by atoms with Crippen molar-refractivity contribution in [3.05, 3.63) is 53.6 Å². The number of ether oxygens (including phenoxy) is 1. The Morgan fingerprint density at radius 2 is 2.09 bits per heavy atom. The van der Waals surface area contributed by atoms with E-state index in [1.165, 1.54) is 19.2 Å². The van der Waals surface area contributed by atoms with Crippen LogP contribution in [0.4, 0.5) is 4.39 Å². The Balaban J connectivity index is 1.81. The molecule has 1 aliphatic carbocycles. The van der Waals surface area contributed by atoms with E-state index in [4.69, 9.17) is 9.72 Å². The molecular weight excluding hydrogens is 411 g/mol. The van der Waals surface area contributed by atoms with Crippen molar-refractivity contribution in [3.63, 3.8) is 0 Å². The molecule has 32 heavy (non-hydrogen) atoms. The number of aliphatic carboxylic acids is 1. The minimum Gasteiger partial charge on any atom is -0.479 e. The van der Waals surface area contributed by atoms with Crippen LogP contribution in [0.1, 0.15) is 56.2 Å². The molecule has 0 amide bonds. The molecule has 4 aromatic rings. The number of nitrogens with one attached hydrogen (secondary N) is 1. The van der Waals surface area contributed by atoms with Crippen LogP contribution in [0, 0.1) is 5.82 Å². The van der Waals surface area contributed by atoms with Gasteiger partial charge in [0.15, 0.2) is 11.2 Å². The van der Waals surface area contributed by atoms with E-state index < -0.39 is 11.6 Å². The number of nitrogens with zero attached hydrogens (tertiary/aromatic N) is 3. The van der Waals surface area contributed by atoms with Crippen molar-refractivity contribution in [2.45, 2.75) is 50.5 Å². The van der Waals surface area contributed by atoms with Gasteiger partial charge in [-0.15, -0.1) is 0 Å². The third-order valence-electron chi connectivity index (χ3n) is 6.71. The zero-order valence-corrected chi connectivity index (χ0v) is 18.2. The van der Waals surface area contributed by atoms with Crippen LogP contribution >= 0.6 is 0 Å². The van der Waals surface area contributed by atoms with Gasteiger partial charge in [-0.3, -0.25) is 5.10 Å². The van der Waals surface area contributed by atoms with E-state index in [0.717, 1.165) is 33.4 Å². The molecule has 7 nitrogen and oxygen atoms in total. The molecule has 2 N–H and O–H groups in total. The fraction of sp³-hybridized carbons (Fsp3) is 0.375. The second kappa shape index (κ2) is 7.41. The molecule has 1 fully saturated rings. The maximum Gasteiger partial charge on any atom is 0.335 e. The van der Waals surface area contributed by atoms with Crippen molar-refractivity contribution < 1.29 is 19.0 Å². The van der Waals surface area contributed by atoms with Crippen molar-refractivity contribution in [2.75, 3.05) is 7.11 Å². The predicted molar refractivity (Wildman–Crippen MR) is 119 cm³/mol. The molecule has 1 saturated carbocycles. The Morgan fingerprint density at radius 1 is 1.34 bits per heavy atom. The van der Waals surface area contributed by atoms with E-state index in [1.807, 2.05) is 6.07 Å². The van der Waals surface area contributed by atoms with Crippen LogP contribution in [0.25, 0.3) is 27.8 Å². The number of hydrogen-bond donors (Lipinski definition) is 2. The summed E-state index contributed by atoms with van der Waals surface area (Å²) in [5.41, 5.74) is 4.13. The number of hydrogen-bond acceptors (Lipinski definition) is 4. The summed E-state index contributed by atoms with van der Waals surface area (Å²) in [4.78, 5) is 16.9. The minimum atomic E-state index is -1.19. The summed E-state index contributed by atoms with van der Waals surface area (Å²) in [5, 5.41) is 17.8. The zero-order valence-electron chi connectivity index (χ0n) is 18.2. The Kier molecular flexibility index (Phi) is 4.78. The van der Waals surface area contributed by atoms with E-state index in [2.05, 4.69) is 28.6 Å². The van der Waals surface area contributed by atoms with E-state index in [0.29, 0.717) is 24.9 Å². The molecule has 2 atom stereocenters. The summed E-state index contributed by atoms with van der Waals surface area (Å²) >= 11 is 0. The number of fused-ring (bicyclic) bond motifs is 2. The molecule has 8 heteroatoms. The Morgan fingerprint density at radius 3 is 2.72 bits per heavy atom. The highest BCUT2D eigenvalue weighted by Crippen LogP contribution is 2.48. The molecule has 1 aliphatic rings. The highest BCUT2D eigenvalue weighted by molar-refractivity contribution is 5.94. The molecule has 1 unspecified atom stereocenters. The topological polar surface area (TPSA) is 93.0 Å². The molecule has 3 heterocycles. The first-order valence-corrected chi connectivity index (χ1v) is 10.8. The molecule has 3 aromatic heterocycles. The number of pyridine rings is 1. The van der Waals surface area contributed by atoms with Crippen LogP contribution in [0.3, 0.4) is 0 Å². The van der Waals surface area contributed by atoms with Gasteiger partial charge in [-0.25, -0.2) is 14.2 Å². The smallest absolute Gasteiger partial charge is 0.335 e. The van der Waals surface area contributed by atoms with Crippen molar-refractivity contribution in [1.29, 1.82) is 0 Å². The number of benzene rings is 1. The molecule has 0 radical (unpaired) electrons. The minimum absolute atomic E-state index is 0.0273. The third-order valence-corrected chi connectivity index (χ3v) is 6.71. The van der Waals surface area contributed by atoms with Gasteiger partial charge in [-0.2, -0.15) is 5.10 Å². The first-order valence-electron chi connectivity index (χ1n) is 10.8. The van der Waals surface area contributed by atoms with Crippen LogP contribution < -0.4 is 0 Å². The van der Waals surface area contributed by atoms with Gasteiger partial charge in [-0.1, -0.05) is 13.8 Å². The highest BCUT2D eigenvalue weighted by Gasteiger charge is 2.48. The molecule has 1 aromatic carbocycles. The lowest BCUT2D eigenvalue weighted by molar-refractivity contribution is -0.161. The van der Waals surface area contributed by atoms with Crippen LogP contribution in [-0.4, -0.2) is 43.5 Å². The molecule has 0 aliphatic heterocycles. The lowest BCUT2D eigenvalue weighted by Crippen LogP contribution is -2.37. The van der Waals surface area contributed by atoms with E-state index in [-0.39, 0.29) is 17.7 Å². The zero-order chi connectivity index (χ0) is 22.6. The average molecular weight is 436 g/mol. The average Bonchev–Trinajstić information content (AvgIpc) is 3.48. The molecule has 0 spiro atoms. The third kappa shape index (κ3) is 3.01. The number of carboxylic acid groups (broad SMARTS) is 1. The van der Waals surface area contributed by atoms with Crippen molar-refractivity contribution >= 4 is 28.0 Å². The van der Waals surface area contributed by atoms with E-state index >= 15 is 0 Å². The molecule has 166 valence electrons. The van der Waals surface area contributed by atoms with Gasteiger partial charge in [-0.05, 0) is 61.4 Å². The van der Waals surface area contributed by atoms with Gasteiger partial charge in [0.1, 0.15) is 5.82 Å². The standard InChI is InChI=1S/C24H25FN4O3/c1-13(2)21-19(14-8-9-24(11-14,32-3)23(30)31)20-18(10-15-12-26-28-22(15)27-20)29(21)17-6-4-16(25)5-7-17/h4-7,10,12-14H,8-9,11H2,1-3H3,(H,30,31)(H,26,27,28)/t14?,24-/m0/s1. The number of aromatic amines is 1. The number of halogens is 1. The summed E-state index contributed by atoms with van der Waals surface area (Å²) in [6, 6.07) is 8.45. The largest absolute Gasteiger partial charge is 0.479 e. The van der Waals surface area contributed by atoms with E-state index in [1.54, 1.807) is 18.3 Å². The van der Waals surface area contributed by atoms with Crippen LogP contribution in [-0.2, 0) is 9.53 Å². The van der Waals surface area contributed by atoms with Crippen molar-refractivity contribution in [3.8, 4) is 5.69 Å².